The average molecular weight is 268 g/mol. The first kappa shape index (κ1) is 12.5. The van der Waals surface area contributed by atoms with Crippen molar-refractivity contribution in [2.45, 2.75) is 43.9 Å². The van der Waals surface area contributed by atoms with E-state index in [4.69, 9.17) is 4.74 Å². The van der Waals surface area contributed by atoms with E-state index in [9.17, 15) is 5.11 Å². The maximum absolute atomic E-state index is 10.1. The number of aromatic nitrogens is 1. The molecule has 0 aromatic carbocycles. The molecule has 1 aliphatic carbocycles. The highest BCUT2D eigenvalue weighted by molar-refractivity contribution is 7.09. The second-order valence-corrected chi connectivity index (χ2v) is 6.07. The summed E-state index contributed by atoms with van der Waals surface area (Å²) in [6, 6.07) is 0.324. The van der Waals surface area contributed by atoms with Gasteiger partial charge in [-0.15, -0.1) is 11.3 Å². The van der Waals surface area contributed by atoms with E-state index in [1.807, 2.05) is 11.6 Å². The van der Waals surface area contributed by atoms with Gasteiger partial charge in [0.15, 0.2) is 0 Å². The van der Waals surface area contributed by atoms with Crippen LogP contribution < -0.4 is 0 Å². The molecule has 1 aromatic rings. The standard InChI is InChI=1S/C13H20N2O2S/c16-11-4-2-1-3-10(11)15-6-7-17-12(9-15)13-14-5-8-18-13/h5,8,10-12,16H,1-4,6-7,9H2. The molecule has 3 atom stereocenters. The fourth-order valence-corrected chi connectivity index (χ4v) is 3.71. The molecule has 100 valence electrons. The SMILES string of the molecule is OC1CCCCC1N1CCOC(c2nccs2)C1. The smallest absolute Gasteiger partial charge is 0.123 e. The van der Waals surface area contributed by atoms with Crippen molar-refractivity contribution in [3.63, 3.8) is 0 Å². The van der Waals surface area contributed by atoms with Crippen molar-refractivity contribution in [2.24, 2.45) is 0 Å². The summed E-state index contributed by atoms with van der Waals surface area (Å²) in [5.41, 5.74) is 0. The molecule has 5 heteroatoms. The number of aliphatic hydroxyl groups excluding tert-OH is 1. The zero-order chi connectivity index (χ0) is 12.4. The Morgan fingerprint density at radius 3 is 3.06 bits per heavy atom. The lowest BCUT2D eigenvalue weighted by Gasteiger charge is -2.41. The van der Waals surface area contributed by atoms with Gasteiger partial charge in [0, 0.05) is 30.7 Å². The zero-order valence-electron chi connectivity index (χ0n) is 10.5. The number of hydrogen-bond donors (Lipinski definition) is 1. The van der Waals surface area contributed by atoms with Crippen LogP contribution in [0.4, 0.5) is 0 Å². The van der Waals surface area contributed by atoms with Crippen molar-refractivity contribution < 1.29 is 9.84 Å². The van der Waals surface area contributed by atoms with Crippen molar-refractivity contribution in [1.29, 1.82) is 0 Å². The van der Waals surface area contributed by atoms with Gasteiger partial charge in [0.05, 0.1) is 12.7 Å². The molecule has 1 saturated heterocycles. The first-order valence-corrected chi connectivity index (χ1v) is 7.65. The molecule has 0 bridgehead atoms. The van der Waals surface area contributed by atoms with Crippen molar-refractivity contribution in [3.05, 3.63) is 16.6 Å². The lowest BCUT2D eigenvalue weighted by molar-refractivity contribution is -0.0748. The van der Waals surface area contributed by atoms with Gasteiger partial charge in [0.25, 0.3) is 0 Å². The normalized spacial score (nSPS) is 34.6. The van der Waals surface area contributed by atoms with Crippen LogP contribution in [-0.4, -0.2) is 46.8 Å². The number of ether oxygens (including phenoxy) is 1. The van der Waals surface area contributed by atoms with Gasteiger partial charge in [-0.05, 0) is 12.8 Å². The Morgan fingerprint density at radius 1 is 1.39 bits per heavy atom. The van der Waals surface area contributed by atoms with E-state index in [2.05, 4.69) is 9.88 Å². The Bertz CT molecular complexity index is 371. The van der Waals surface area contributed by atoms with E-state index in [0.29, 0.717) is 6.04 Å². The van der Waals surface area contributed by atoms with Crippen LogP contribution in [0.15, 0.2) is 11.6 Å². The molecular weight excluding hydrogens is 248 g/mol. The number of nitrogens with zero attached hydrogens (tertiary/aromatic N) is 2. The highest BCUT2D eigenvalue weighted by Gasteiger charge is 2.33. The molecule has 2 aliphatic rings. The van der Waals surface area contributed by atoms with E-state index < -0.39 is 0 Å². The molecule has 4 nitrogen and oxygen atoms in total. The summed E-state index contributed by atoms with van der Waals surface area (Å²) in [5, 5.41) is 13.2. The van der Waals surface area contributed by atoms with Crippen LogP contribution in [0.1, 0.15) is 36.8 Å². The van der Waals surface area contributed by atoms with Gasteiger partial charge < -0.3 is 9.84 Å². The van der Waals surface area contributed by atoms with E-state index >= 15 is 0 Å². The molecule has 3 rings (SSSR count). The second kappa shape index (κ2) is 5.65. The average Bonchev–Trinajstić information content (AvgIpc) is 2.93. The van der Waals surface area contributed by atoms with Gasteiger partial charge in [-0.2, -0.15) is 0 Å². The molecule has 1 saturated carbocycles. The van der Waals surface area contributed by atoms with Gasteiger partial charge >= 0.3 is 0 Å². The van der Waals surface area contributed by atoms with Crippen molar-refractivity contribution in [1.82, 2.24) is 9.88 Å². The zero-order valence-corrected chi connectivity index (χ0v) is 11.3. The van der Waals surface area contributed by atoms with Gasteiger partial charge in [-0.3, -0.25) is 4.90 Å². The highest BCUT2D eigenvalue weighted by atomic mass is 32.1. The van der Waals surface area contributed by atoms with Gasteiger partial charge in [-0.25, -0.2) is 4.98 Å². The molecule has 0 amide bonds. The molecule has 1 N–H and O–H groups in total. The number of thiazole rings is 1. The summed E-state index contributed by atoms with van der Waals surface area (Å²) >= 11 is 1.65. The maximum Gasteiger partial charge on any atom is 0.123 e. The Balaban J connectivity index is 1.66. The van der Waals surface area contributed by atoms with Crippen LogP contribution in [0.2, 0.25) is 0 Å². The lowest BCUT2D eigenvalue weighted by atomic mass is 9.91. The minimum atomic E-state index is -0.159. The fourth-order valence-electron chi connectivity index (χ4n) is 3.03. The molecule has 2 fully saturated rings. The number of morpholine rings is 1. The summed E-state index contributed by atoms with van der Waals surface area (Å²) in [7, 11) is 0. The molecule has 3 unspecified atom stereocenters. The van der Waals surface area contributed by atoms with Crippen LogP contribution in [-0.2, 0) is 4.74 Å². The lowest BCUT2D eigenvalue weighted by Crippen LogP contribution is -2.50. The first-order valence-electron chi connectivity index (χ1n) is 6.77. The fraction of sp³-hybridized carbons (Fsp3) is 0.769. The van der Waals surface area contributed by atoms with Gasteiger partial charge in [0.1, 0.15) is 11.1 Å². The van der Waals surface area contributed by atoms with Gasteiger partial charge in [-0.1, -0.05) is 12.8 Å². The Morgan fingerprint density at radius 2 is 2.28 bits per heavy atom. The summed E-state index contributed by atoms with van der Waals surface area (Å²) in [5.74, 6) is 0. The van der Waals surface area contributed by atoms with Gasteiger partial charge in [0.2, 0.25) is 0 Å². The molecule has 1 aromatic heterocycles. The first-order chi connectivity index (χ1) is 8.84. The molecule has 0 radical (unpaired) electrons. The number of aliphatic hydroxyl groups is 1. The van der Waals surface area contributed by atoms with Crippen molar-refractivity contribution >= 4 is 11.3 Å². The van der Waals surface area contributed by atoms with E-state index in [1.165, 1.54) is 6.42 Å². The highest BCUT2D eigenvalue weighted by Crippen LogP contribution is 2.29. The van der Waals surface area contributed by atoms with Crippen LogP contribution in [0.5, 0.6) is 0 Å². The molecule has 0 spiro atoms. The maximum atomic E-state index is 10.1. The third-order valence-corrected chi connectivity index (χ3v) is 4.86. The number of rotatable bonds is 2. The molecular formula is C13H20N2O2S. The minimum Gasteiger partial charge on any atom is -0.391 e. The summed E-state index contributed by atoms with van der Waals surface area (Å²) in [4.78, 5) is 6.75. The summed E-state index contributed by atoms with van der Waals surface area (Å²) in [6.45, 7) is 2.55. The largest absolute Gasteiger partial charge is 0.391 e. The van der Waals surface area contributed by atoms with Crippen LogP contribution in [0, 0.1) is 0 Å². The Labute approximate surface area is 112 Å². The third kappa shape index (κ3) is 2.59. The van der Waals surface area contributed by atoms with Crippen molar-refractivity contribution in [3.8, 4) is 0 Å². The van der Waals surface area contributed by atoms with E-state index in [1.54, 1.807) is 11.3 Å². The minimum absolute atomic E-state index is 0.0906. The topological polar surface area (TPSA) is 45.6 Å². The molecule has 1 aliphatic heterocycles. The number of hydrogen-bond acceptors (Lipinski definition) is 5. The van der Waals surface area contributed by atoms with E-state index in [0.717, 1.165) is 44.0 Å². The van der Waals surface area contributed by atoms with Crippen LogP contribution in [0.3, 0.4) is 0 Å². The van der Waals surface area contributed by atoms with E-state index in [-0.39, 0.29) is 12.2 Å². The van der Waals surface area contributed by atoms with Crippen molar-refractivity contribution in [2.75, 3.05) is 19.7 Å². The van der Waals surface area contributed by atoms with Crippen LogP contribution in [0.25, 0.3) is 0 Å². The second-order valence-electron chi connectivity index (χ2n) is 5.14. The predicted octanol–water partition coefficient (Wildman–Crippen LogP) is 1.82. The summed E-state index contributed by atoms with van der Waals surface area (Å²) in [6.07, 6.45) is 6.23. The third-order valence-electron chi connectivity index (χ3n) is 3.99. The molecule has 18 heavy (non-hydrogen) atoms. The quantitative estimate of drug-likeness (QED) is 0.888. The van der Waals surface area contributed by atoms with Crippen LogP contribution >= 0.6 is 11.3 Å². The Hall–Kier alpha value is -0.490. The monoisotopic (exact) mass is 268 g/mol. The summed E-state index contributed by atoms with van der Waals surface area (Å²) < 4.78 is 5.80. The Kier molecular flexibility index (Phi) is 3.94. The molecule has 2 heterocycles. The predicted molar refractivity (Wildman–Crippen MR) is 70.6 cm³/mol.